The third-order valence-electron chi connectivity index (χ3n) is 5.71. The van der Waals surface area contributed by atoms with Gasteiger partial charge in [0, 0.05) is 12.1 Å². The molecule has 1 amide bonds. The van der Waals surface area contributed by atoms with E-state index in [1.165, 1.54) is 11.2 Å². The van der Waals surface area contributed by atoms with Crippen molar-refractivity contribution in [3.05, 3.63) is 95.5 Å². The van der Waals surface area contributed by atoms with Gasteiger partial charge >= 0.3 is 0 Å². The molecule has 1 aliphatic heterocycles. The monoisotopic (exact) mass is 445 g/mol. The summed E-state index contributed by atoms with van der Waals surface area (Å²) >= 11 is 0. The molecule has 0 aliphatic carbocycles. The van der Waals surface area contributed by atoms with Crippen LogP contribution in [-0.4, -0.2) is 34.8 Å². The highest BCUT2D eigenvalue weighted by Gasteiger charge is 2.47. The third kappa shape index (κ3) is 4.85. The van der Waals surface area contributed by atoms with Gasteiger partial charge < -0.3 is 19.2 Å². The zero-order valence-corrected chi connectivity index (χ0v) is 18.6. The van der Waals surface area contributed by atoms with Crippen molar-refractivity contribution < 1.29 is 23.8 Å². The number of carbonyl (C=O) groups is 2. The molecule has 2 heterocycles. The molecule has 1 unspecified atom stereocenters. The van der Waals surface area contributed by atoms with Gasteiger partial charge in [0.15, 0.2) is 0 Å². The summed E-state index contributed by atoms with van der Waals surface area (Å²) in [4.78, 5) is 27.5. The predicted octanol–water partition coefficient (Wildman–Crippen LogP) is 5.12. The van der Waals surface area contributed by atoms with Gasteiger partial charge in [0.25, 0.3) is 11.7 Å². The highest BCUT2D eigenvalue weighted by molar-refractivity contribution is 6.46. The summed E-state index contributed by atoms with van der Waals surface area (Å²) in [6.45, 7) is 2.96. The van der Waals surface area contributed by atoms with Gasteiger partial charge in [-0.2, -0.15) is 0 Å². The molecule has 33 heavy (non-hydrogen) atoms. The van der Waals surface area contributed by atoms with E-state index in [2.05, 4.69) is 6.92 Å². The molecule has 1 fully saturated rings. The first kappa shape index (κ1) is 22.4. The summed E-state index contributed by atoms with van der Waals surface area (Å²) in [6, 6.07) is 19.3. The number of ketones is 1. The van der Waals surface area contributed by atoms with Crippen LogP contribution in [0.1, 0.15) is 42.7 Å². The van der Waals surface area contributed by atoms with Gasteiger partial charge in [0.05, 0.1) is 18.4 Å². The van der Waals surface area contributed by atoms with Crippen LogP contribution in [0, 0.1) is 0 Å². The zero-order chi connectivity index (χ0) is 23.2. The van der Waals surface area contributed by atoms with Crippen molar-refractivity contribution >= 4 is 17.4 Å². The molecule has 3 aromatic rings. The Bertz CT molecular complexity index is 1130. The lowest BCUT2D eigenvalue weighted by atomic mass is 9.99. The van der Waals surface area contributed by atoms with Gasteiger partial charge in [-0.1, -0.05) is 55.8 Å². The average molecular weight is 446 g/mol. The Kier molecular flexibility index (Phi) is 6.93. The van der Waals surface area contributed by atoms with Crippen molar-refractivity contribution in [2.75, 3.05) is 13.2 Å². The topological polar surface area (TPSA) is 80.0 Å². The van der Waals surface area contributed by atoms with Crippen LogP contribution in [-0.2, 0) is 16.0 Å². The number of ether oxygens (including phenoxy) is 1. The SMILES string of the molecule is CCCCOc1cccc(C(O)=C2C(=O)C(=O)N(CCc3ccccc3)C2c2ccco2)c1. The molecule has 0 spiro atoms. The standard InChI is InChI=1S/C27H27NO5/c1-2-3-16-32-21-12-7-11-20(18-21)25(29)23-24(22-13-8-17-33-22)28(27(31)26(23)30)15-14-19-9-5-4-6-10-19/h4-13,17-18,24,29H,2-3,14-16H2,1H3. The van der Waals surface area contributed by atoms with E-state index < -0.39 is 17.7 Å². The van der Waals surface area contributed by atoms with Gasteiger partial charge in [-0.05, 0) is 42.7 Å². The lowest BCUT2D eigenvalue weighted by Gasteiger charge is -2.23. The zero-order valence-electron chi connectivity index (χ0n) is 18.6. The van der Waals surface area contributed by atoms with Crippen LogP contribution in [0.3, 0.4) is 0 Å². The molecular formula is C27H27NO5. The smallest absolute Gasteiger partial charge is 0.295 e. The molecular weight excluding hydrogens is 418 g/mol. The van der Waals surface area contributed by atoms with Crippen LogP contribution in [0.15, 0.2) is 83.0 Å². The van der Waals surface area contributed by atoms with Crippen LogP contribution in [0.4, 0.5) is 0 Å². The van der Waals surface area contributed by atoms with Crippen LogP contribution in [0.5, 0.6) is 5.75 Å². The second kappa shape index (κ2) is 10.2. The number of furan rings is 1. The summed E-state index contributed by atoms with van der Waals surface area (Å²) < 4.78 is 11.3. The fraction of sp³-hybridized carbons (Fsp3) is 0.259. The van der Waals surface area contributed by atoms with Crippen LogP contribution < -0.4 is 4.74 Å². The summed E-state index contributed by atoms with van der Waals surface area (Å²) in [6.07, 6.45) is 4.00. The van der Waals surface area contributed by atoms with E-state index in [-0.39, 0.29) is 11.3 Å². The molecule has 1 saturated heterocycles. The maximum atomic E-state index is 13.1. The van der Waals surface area contributed by atoms with Crippen molar-refractivity contribution in [1.82, 2.24) is 4.90 Å². The molecule has 1 atom stereocenters. The van der Waals surface area contributed by atoms with Gasteiger partial charge in [-0.25, -0.2) is 0 Å². The number of rotatable bonds is 9. The van der Waals surface area contributed by atoms with E-state index in [0.29, 0.717) is 36.6 Å². The Morgan fingerprint density at radius 3 is 2.61 bits per heavy atom. The Morgan fingerprint density at radius 1 is 1.06 bits per heavy atom. The van der Waals surface area contributed by atoms with Crippen molar-refractivity contribution in [3.63, 3.8) is 0 Å². The molecule has 6 nitrogen and oxygen atoms in total. The molecule has 1 aromatic heterocycles. The normalized spacial score (nSPS) is 17.5. The van der Waals surface area contributed by atoms with E-state index in [4.69, 9.17) is 9.15 Å². The number of Topliss-reactive ketones (excluding diaryl/α,β-unsaturated/α-hetero) is 1. The van der Waals surface area contributed by atoms with E-state index in [0.717, 1.165) is 18.4 Å². The van der Waals surface area contributed by atoms with Gasteiger partial charge in [-0.3, -0.25) is 9.59 Å². The molecule has 170 valence electrons. The minimum Gasteiger partial charge on any atom is -0.507 e. The largest absolute Gasteiger partial charge is 0.507 e. The second-order valence-corrected chi connectivity index (χ2v) is 7.97. The Hall–Kier alpha value is -3.80. The van der Waals surface area contributed by atoms with Gasteiger partial charge in [0.2, 0.25) is 0 Å². The highest BCUT2D eigenvalue weighted by atomic mass is 16.5. The number of nitrogens with zero attached hydrogens (tertiary/aromatic N) is 1. The van der Waals surface area contributed by atoms with Crippen LogP contribution in [0.2, 0.25) is 0 Å². The molecule has 4 rings (SSSR count). The number of hydrogen-bond acceptors (Lipinski definition) is 5. The fourth-order valence-electron chi connectivity index (χ4n) is 3.97. The van der Waals surface area contributed by atoms with Crippen LogP contribution in [0.25, 0.3) is 5.76 Å². The number of amides is 1. The molecule has 2 aromatic carbocycles. The van der Waals surface area contributed by atoms with E-state index in [9.17, 15) is 14.7 Å². The quantitative estimate of drug-likeness (QED) is 0.214. The lowest BCUT2D eigenvalue weighted by Crippen LogP contribution is -2.31. The summed E-state index contributed by atoms with van der Waals surface area (Å²) in [7, 11) is 0. The molecule has 1 N–H and O–H groups in total. The molecule has 0 saturated carbocycles. The minimum atomic E-state index is -0.798. The third-order valence-corrected chi connectivity index (χ3v) is 5.71. The number of hydrogen-bond donors (Lipinski definition) is 1. The lowest BCUT2D eigenvalue weighted by molar-refractivity contribution is -0.140. The number of aliphatic hydroxyl groups excluding tert-OH is 1. The summed E-state index contributed by atoms with van der Waals surface area (Å²) in [5.41, 5.74) is 1.49. The Balaban J connectivity index is 1.68. The number of carbonyl (C=O) groups excluding carboxylic acids is 2. The number of aliphatic hydroxyl groups is 1. The average Bonchev–Trinajstić information content (AvgIpc) is 3.45. The minimum absolute atomic E-state index is 0.0220. The van der Waals surface area contributed by atoms with E-state index in [1.54, 1.807) is 36.4 Å². The first-order valence-corrected chi connectivity index (χ1v) is 11.2. The number of unbranched alkanes of at least 4 members (excludes halogenated alkanes) is 1. The first-order valence-electron chi connectivity index (χ1n) is 11.2. The maximum absolute atomic E-state index is 13.1. The molecule has 0 radical (unpaired) electrons. The summed E-state index contributed by atoms with van der Waals surface area (Å²) in [5, 5.41) is 11.2. The van der Waals surface area contributed by atoms with Gasteiger partial charge in [0.1, 0.15) is 23.3 Å². The second-order valence-electron chi connectivity index (χ2n) is 7.97. The van der Waals surface area contributed by atoms with Crippen molar-refractivity contribution in [2.45, 2.75) is 32.2 Å². The van der Waals surface area contributed by atoms with Crippen molar-refractivity contribution in [2.24, 2.45) is 0 Å². The summed E-state index contributed by atoms with van der Waals surface area (Å²) in [5.74, 6) is -0.582. The Labute approximate surface area is 193 Å². The Morgan fingerprint density at radius 2 is 1.88 bits per heavy atom. The van der Waals surface area contributed by atoms with Crippen LogP contribution >= 0.6 is 0 Å². The molecule has 0 bridgehead atoms. The maximum Gasteiger partial charge on any atom is 0.295 e. The molecule has 1 aliphatic rings. The van der Waals surface area contributed by atoms with E-state index >= 15 is 0 Å². The van der Waals surface area contributed by atoms with Crippen molar-refractivity contribution in [1.29, 1.82) is 0 Å². The van der Waals surface area contributed by atoms with Gasteiger partial charge in [-0.15, -0.1) is 0 Å². The first-order chi connectivity index (χ1) is 16.1. The van der Waals surface area contributed by atoms with E-state index in [1.807, 2.05) is 30.3 Å². The predicted molar refractivity (Wildman–Crippen MR) is 125 cm³/mol. The number of benzene rings is 2. The fourth-order valence-corrected chi connectivity index (χ4v) is 3.97. The highest BCUT2D eigenvalue weighted by Crippen LogP contribution is 2.40. The van der Waals surface area contributed by atoms with Crippen molar-refractivity contribution in [3.8, 4) is 5.75 Å². The number of likely N-dealkylation sites (tertiary alicyclic amines) is 1. The molecule has 6 heteroatoms.